The van der Waals surface area contributed by atoms with E-state index in [1.165, 1.54) is 0 Å². The van der Waals surface area contributed by atoms with Gasteiger partial charge in [0.25, 0.3) is 5.91 Å². The number of nitrogens with two attached hydrogens (primary N) is 1. The zero-order chi connectivity index (χ0) is 15.6. The van der Waals surface area contributed by atoms with Gasteiger partial charge >= 0.3 is 5.97 Å². The molecule has 0 aliphatic carbocycles. The summed E-state index contributed by atoms with van der Waals surface area (Å²) in [6.07, 6.45) is 1.96. The highest BCUT2D eigenvalue weighted by Gasteiger charge is 2.41. The van der Waals surface area contributed by atoms with Crippen LogP contribution < -0.4 is 10.6 Å². The van der Waals surface area contributed by atoms with Crippen molar-refractivity contribution in [2.45, 2.75) is 33.1 Å². The smallest absolute Gasteiger partial charge is 0.311 e. The Balaban J connectivity index is 2.40. The van der Waals surface area contributed by atoms with Gasteiger partial charge in [0, 0.05) is 18.8 Å². The van der Waals surface area contributed by atoms with E-state index in [0.717, 1.165) is 12.1 Å². The van der Waals surface area contributed by atoms with Gasteiger partial charge in [-0.3, -0.25) is 9.59 Å². The lowest BCUT2D eigenvalue weighted by atomic mass is 9.77. The van der Waals surface area contributed by atoms with Crippen LogP contribution >= 0.6 is 0 Å². The van der Waals surface area contributed by atoms with Crippen molar-refractivity contribution in [1.29, 1.82) is 0 Å². The van der Waals surface area contributed by atoms with Crippen LogP contribution in [0.25, 0.3) is 0 Å². The third kappa shape index (κ3) is 2.84. The van der Waals surface area contributed by atoms with E-state index in [-0.39, 0.29) is 0 Å². The molecule has 1 aliphatic heterocycles. The fourth-order valence-electron chi connectivity index (χ4n) is 2.90. The molecular formula is C15H21N3O3. The Labute approximate surface area is 124 Å². The number of primary amides is 1. The van der Waals surface area contributed by atoms with Gasteiger partial charge in [-0.2, -0.15) is 0 Å². The average Bonchev–Trinajstić information content (AvgIpc) is 2.46. The van der Waals surface area contributed by atoms with Gasteiger partial charge in [0.05, 0.1) is 11.0 Å². The minimum Gasteiger partial charge on any atom is -0.481 e. The number of carboxylic acids is 1. The number of nitrogens with zero attached hydrogens (tertiary/aromatic N) is 2. The summed E-state index contributed by atoms with van der Waals surface area (Å²) in [5, 5.41) is 9.55. The van der Waals surface area contributed by atoms with Gasteiger partial charge in [-0.15, -0.1) is 0 Å². The minimum absolute atomic E-state index is 0.345. The maximum absolute atomic E-state index is 11.6. The standard InChI is InChI=1S/C15H21N3O3/c1-3-15(14(20)21)7-4-8-18(9-15)13-11(12(16)19)6-5-10(2)17-13/h5-6H,3-4,7-9H2,1-2H3,(H2,16,19)(H,20,21). The number of pyridine rings is 1. The zero-order valence-electron chi connectivity index (χ0n) is 12.4. The summed E-state index contributed by atoms with van der Waals surface area (Å²) in [6, 6.07) is 3.39. The number of aliphatic carboxylic acids is 1. The second kappa shape index (κ2) is 5.71. The zero-order valence-corrected chi connectivity index (χ0v) is 12.4. The minimum atomic E-state index is -0.789. The second-order valence-electron chi connectivity index (χ2n) is 5.65. The molecule has 0 bridgehead atoms. The molecular weight excluding hydrogens is 270 g/mol. The summed E-state index contributed by atoms with van der Waals surface area (Å²) < 4.78 is 0. The predicted molar refractivity (Wildman–Crippen MR) is 79.3 cm³/mol. The fraction of sp³-hybridized carbons (Fsp3) is 0.533. The fourth-order valence-corrected chi connectivity index (χ4v) is 2.90. The summed E-state index contributed by atoms with van der Waals surface area (Å²) in [7, 11) is 0. The van der Waals surface area contributed by atoms with E-state index in [1.807, 2.05) is 18.7 Å². The monoisotopic (exact) mass is 291 g/mol. The molecule has 0 saturated carbocycles. The first-order valence-electron chi connectivity index (χ1n) is 7.15. The van der Waals surface area contributed by atoms with Crippen LogP contribution in [0.15, 0.2) is 12.1 Å². The van der Waals surface area contributed by atoms with Gasteiger partial charge in [-0.25, -0.2) is 4.98 Å². The predicted octanol–water partition coefficient (Wildman–Crippen LogP) is 1.57. The molecule has 114 valence electrons. The highest BCUT2D eigenvalue weighted by Crippen LogP contribution is 2.36. The van der Waals surface area contributed by atoms with Crippen LogP contribution in [-0.4, -0.2) is 35.1 Å². The Bertz CT molecular complexity index is 573. The molecule has 1 unspecified atom stereocenters. The molecule has 3 N–H and O–H groups in total. The third-order valence-corrected chi connectivity index (χ3v) is 4.29. The molecule has 1 aromatic rings. The molecule has 0 aromatic carbocycles. The van der Waals surface area contributed by atoms with Crippen LogP contribution in [0.1, 0.15) is 42.2 Å². The summed E-state index contributed by atoms with van der Waals surface area (Å²) in [6.45, 7) is 4.76. The summed E-state index contributed by atoms with van der Waals surface area (Å²) in [4.78, 5) is 29.5. The number of hydrogen-bond acceptors (Lipinski definition) is 4. The van der Waals surface area contributed by atoms with E-state index in [2.05, 4.69) is 4.98 Å². The van der Waals surface area contributed by atoms with Gasteiger partial charge in [0.15, 0.2) is 0 Å². The van der Waals surface area contributed by atoms with Crippen LogP contribution in [0.5, 0.6) is 0 Å². The SMILES string of the molecule is CCC1(C(=O)O)CCCN(c2nc(C)ccc2C(N)=O)C1. The van der Waals surface area contributed by atoms with Crippen molar-refractivity contribution in [3.8, 4) is 0 Å². The van der Waals surface area contributed by atoms with Crippen molar-refractivity contribution >= 4 is 17.7 Å². The number of rotatable bonds is 4. The van der Waals surface area contributed by atoms with Crippen molar-refractivity contribution in [3.63, 3.8) is 0 Å². The molecule has 0 radical (unpaired) electrons. The maximum Gasteiger partial charge on any atom is 0.311 e. The number of carbonyl (C=O) groups excluding carboxylic acids is 1. The first-order chi connectivity index (χ1) is 9.89. The van der Waals surface area contributed by atoms with Gasteiger partial charge in [-0.1, -0.05) is 6.92 Å². The topological polar surface area (TPSA) is 96.5 Å². The van der Waals surface area contributed by atoms with Gasteiger partial charge in [0.1, 0.15) is 5.82 Å². The number of aromatic nitrogens is 1. The molecule has 1 atom stereocenters. The third-order valence-electron chi connectivity index (χ3n) is 4.29. The van der Waals surface area contributed by atoms with E-state index in [0.29, 0.717) is 37.3 Å². The second-order valence-corrected chi connectivity index (χ2v) is 5.65. The van der Waals surface area contributed by atoms with E-state index in [4.69, 9.17) is 5.73 Å². The molecule has 6 heteroatoms. The number of aryl methyl sites for hydroxylation is 1. The van der Waals surface area contributed by atoms with Crippen molar-refractivity contribution in [2.75, 3.05) is 18.0 Å². The molecule has 0 spiro atoms. The number of hydrogen-bond donors (Lipinski definition) is 2. The highest BCUT2D eigenvalue weighted by atomic mass is 16.4. The first-order valence-corrected chi connectivity index (χ1v) is 7.15. The van der Waals surface area contributed by atoms with Crippen LogP contribution in [0.2, 0.25) is 0 Å². The van der Waals surface area contributed by atoms with Crippen molar-refractivity contribution < 1.29 is 14.7 Å². The molecule has 1 fully saturated rings. The number of carbonyl (C=O) groups is 2. The Kier molecular flexibility index (Phi) is 4.16. The van der Waals surface area contributed by atoms with Gasteiger partial charge in [0.2, 0.25) is 0 Å². The van der Waals surface area contributed by atoms with E-state index in [1.54, 1.807) is 12.1 Å². The molecule has 2 rings (SSSR count). The van der Waals surface area contributed by atoms with Crippen molar-refractivity contribution in [1.82, 2.24) is 4.98 Å². The lowest BCUT2D eigenvalue weighted by molar-refractivity contribution is -0.149. The van der Waals surface area contributed by atoms with Gasteiger partial charge < -0.3 is 15.7 Å². The summed E-state index contributed by atoms with van der Waals surface area (Å²) >= 11 is 0. The normalized spacial score (nSPS) is 22.1. The lowest BCUT2D eigenvalue weighted by Gasteiger charge is -2.40. The van der Waals surface area contributed by atoms with Crippen LogP contribution in [-0.2, 0) is 4.79 Å². The number of anilines is 1. The Morgan fingerprint density at radius 1 is 1.48 bits per heavy atom. The average molecular weight is 291 g/mol. The molecule has 21 heavy (non-hydrogen) atoms. The van der Waals surface area contributed by atoms with Crippen LogP contribution in [0.4, 0.5) is 5.82 Å². The summed E-state index contributed by atoms with van der Waals surface area (Å²) in [5.41, 5.74) is 5.75. The van der Waals surface area contributed by atoms with Crippen LogP contribution in [0.3, 0.4) is 0 Å². The van der Waals surface area contributed by atoms with E-state index < -0.39 is 17.3 Å². The largest absolute Gasteiger partial charge is 0.481 e. The van der Waals surface area contributed by atoms with Crippen molar-refractivity contribution in [2.24, 2.45) is 11.1 Å². The number of carboxylic acid groups (broad SMARTS) is 1. The molecule has 1 aromatic heterocycles. The van der Waals surface area contributed by atoms with Crippen molar-refractivity contribution in [3.05, 3.63) is 23.4 Å². The van der Waals surface area contributed by atoms with Gasteiger partial charge in [-0.05, 0) is 38.3 Å². The molecule has 1 amide bonds. The van der Waals surface area contributed by atoms with Crippen LogP contribution in [0, 0.1) is 12.3 Å². The molecule has 2 heterocycles. The molecule has 6 nitrogen and oxygen atoms in total. The highest BCUT2D eigenvalue weighted by molar-refractivity contribution is 5.97. The van der Waals surface area contributed by atoms with E-state index >= 15 is 0 Å². The quantitative estimate of drug-likeness (QED) is 0.877. The Hall–Kier alpha value is -2.11. The molecule has 1 aliphatic rings. The Morgan fingerprint density at radius 2 is 2.19 bits per heavy atom. The number of amides is 1. The summed E-state index contributed by atoms with van der Waals surface area (Å²) in [5.74, 6) is -0.829. The first kappa shape index (κ1) is 15.3. The maximum atomic E-state index is 11.6. The lowest BCUT2D eigenvalue weighted by Crippen LogP contribution is -2.48. The number of piperidine rings is 1. The Morgan fingerprint density at radius 3 is 2.76 bits per heavy atom. The van der Waals surface area contributed by atoms with E-state index in [9.17, 15) is 14.7 Å². The molecule has 1 saturated heterocycles.